The Bertz CT molecular complexity index is 590. The maximum absolute atomic E-state index is 11.6. The first-order chi connectivity index (χ1) is 8.99. The van der Waals surface area contributed by atoms with Crippen molar-refractivity contribution in [1.29, 1.82) is 0 Å². The van der Waals surface area contributed by atoms with Gasteiger partial charge in [0.05, 0.1) is 0 Å². The lowest BCUT2D eigenvalue weighted by Gasteiger charge is -2.11. The highest BCUT2D eigenvalue weighted by Crippen LogP contribution is 2.38. The number of aryl methyl sites for hydroxylation is 1. The Kier molecular flexibility index (Phi) is 4.12. The molecular weight excluding hydrogens is 282 g/mol. The van der Waals surface area contributed by atoms with Crippen LogP contribution in [0.2, 0.25) is 5.02 Å². The monoisotopic (exact) mass is 295 g/mol. The fraction of sp³-hybridized carbons (Fsp3) is 0.214. The average molecular weight is 296 g/mol. The van der Waals surface area contributed by atoms with Crippen LogP contribution in [0.5, 0.6) is 5.75 Å². The van der Waals surface area contributed by atoms with E-state index in [9.17, 15) is 4.79 Å². The molecule has 2 rings (SSSR count). The fourth-order valence-corrected chi connectivity index (χ4v) is 2.57. The molecule has 0 bridgehead atoms. The minimum Gasteiger partial charge on any atom is -0.409 e. The standard InChI is InChI=1S/C14H14ClNO2S/c1-9-13(10-4-6-11(15)7-5-10)12(8-19-9)18-14(17)16(2)3/h4-8H,1-3H3. The highest BCUT2D eigenvalue weighted by Gasteiger charge is 2.16. The van der Waals surface area contributed by atoms with Crippen LogP contribution in [0.15, 0.2) is 29.6 Å². The SMILES string of the molecule is Cc1scc(OC(=O)N(C)C)c1-c1ccc(Cl)cc1. The molecule has 0 spiro atoms. The van der Waals surface area contributed by atoms with Gasteiger partial charge < -0.3 is 9.64 Å². The molecule has 0 radical (unpaired) electrons. The minimum absolute atomic E-state index is 0.381. The third kappa shape index (κ3) is 3.08. The van der Waals surface area contributed by atoms with Crippen LogP contribution in [0, 0.1) is 6.92 Å². The van der Waals surface area contributed by atoms with Crippen molar-refractivity contribution >= 4 is 29.0 Å². The maximum atomic E-state index is 11.6. The number of hydrogen-bond donors (Lipinski definition) is 0. The van der Waals surface area contributed by atoms with Crippen molar-refractivity contribution in [1.82, 2.24) is 4.90 Å². The van der Waals surface area contributed by atoms with E-state index in [0.717, 1.165) is 16.0 Å². The Hall–Kier alpha value is -1.52. The smallest absolute Gasteiger partial charge is 0.409 e. The number of rotatable bonds is 2. The van der Waals surface area contributed by atoms with Gasteiger partial charge in [0.2, 0.25) is 0 Å². The van der Waals surface area contributed by atoms with Crippen molar-refractivity contribution in [3.63, 3.8) is 0 Å². The number of carbonyl (C=O) groups is 1. The second kappa shape index (κ2) is 5.63. The minimum atomic E-state index is -0.381. The summed E-state index contributed by atoms with van der Waals surface area (Å²) in [5.74, 6) is 0.587. The zero-order valence-corrected chi connectivity index (χ0v) is 12.5. The maximum Gasteiger partial charge on any atom is 0.414 e. The second-order valence-electron chi connectivity index (χ2n) is 4.30. The van der Waals surface area contributed by atoms with Gasteiger partial charge in [0, 0.05) is 34.9 Å². The highest BCUT2D eigenvalue weighted by molar-refractivity contribution is 7.10. The molecule has 0 unspecified atom stereocenters. The number of ether oxygens (including phenoxy) is 1. The third-order valence-corrected chi connectivity index (χ3v) is 3.78. The van der Waals surface area contributed by atoms with Gasteiger partial charge in [0.15, 0.2) is 5.75 Å². The average Bonchev–Trinajstić information content (AvgIpc) is 2.72. The van der Waals surface area contributed by atoms with Crippen LogP contribution in [-0.2, 0) is 0 Å². The summed E-state index contributed by atoms with van der Waals surface area (Å²) in [5, 5.41) is 2.53. The normalized spacial score (nSPS) is 10.3. The van der Waals surface area contributed by atoms with Gasteiger partial charge in [-0.05, 0) is 24.6 Å². The molecule has 1 amide bonds. The summed E-state index contributed by atoms with van der Waals surface area (Å²) >= 11 is 7.44. The van der Waals surface area contributed by atoms with Crippen molar-refractivity contribution in [3.8, 4) is 16.9 Å². The molecule has 0 aliphatic heterocycles. The van der Waals surface area contributed by atoms with Gasteiger partial charge in [-0.15, -0.1) is 11.3 Å². The largest absolute Gasteiger partial charge is 0.414 e. The number of amides is 1. The Morgan fingerprint density at radius 1 is 1.26 bits per heavy atom. The van der Waals surface area contributed by atoms with Crippen LogP contribution in [0.4, 0.5) is 4.79 Å². The topological polar surface area (TPSA) is 29.5 Å². The summed E-state index contributed by atoms with van der Waals surface area (Å²) in [6.07, 6.45) is -0.381. The van der Waals surface area contributed by atoms with Gasteiger partial charge in [-0.2, -0.15) is 0 Å². The summed E-state index contributed by atoms with van der Waals surface area (Å²) < 4.78 is 5.38. The number of halogens is 1. The van der Waals surface area contributed by atoms with E-state index in [0.29, 0.717) is 10.8 Å². The summed E-state index contributed by atoms with van der Waals surface area (Å²) in [4.78, 5) is 14.1. The predicted molar refractivity (Wildman–Crippen MR) is 79.2 cm³/mol. The van der Waals surface area contributed by atoms with Gasteiger partial charge in [-0.3, -0.25) is 0 Å². The quantitative estimate of drug-likeness (QED) is 0.820. The molecule has 0 saturated carbocycles. The van der Waals surface area contributed by atoms with Crippen LogP contribution >= 0.6 is 22.9 Å². The number of nitrogens with zero attached hydrogens (tertiary/aromatic N) is 1. The summed E-state index contributed by atoms with van der Waals surface area (Å²) in [6, 6.07) is 7.49. The second-order valence-corrected chi connectivity index (χ2v) is 5.82. The molecule has 0 aliphatic carbocycles. The molecule has 2 aromatic rings. The zero-order valence-electron chi connectivity index (χ0n) is 10.9. The van der Waals surface area contributed by atoms with Gasteiger partial charge in [-0.25, -0.2) is 4.79 Å². The van der Waals surface area contributed by atoms with E-state index in [1.807, 2.05) is 36.6 Å². The van der Waals surface area contributed by atoms with E-state index in [1.54, 1.807) is 25.4 Å². The first-order valence-electron chi connectivity index (χ1n) is 5.72. The van der Waals surface area contributed by atoms with Gasteiger partial charge >= 0.3 is 6.09 Å². The van der Waals surface area contributed by atoms with E-state index in [2.05, 4.69) is 0 Å². The lowest BCUT2D eigenvalue weighted by atomic mass is 10.1. The first-order valence-corrected chi connectivity index (χ1v) is 6.98. The molecule has 1 aromatic heterocycles. The summed E-state index contributed by atoms with van der Waals surface area (Å²) in [7, 11) is 3.31. The summed E-state index contributed by atoms with van der Waals surface area (Å²) in [6.45, 7) is 2.00. The van der Waals surface area contributed by atoms with Crippen LogP contribution in [0.25, 0.3) is 11.1 Å². The third-order valence-electron chi connectivity index (χ3n) is 2.64. The zero-order chi connectivity index (χ0) is 14.0. The highest BCUT2D eigenvalue weighted by atomic mass is 35.5. The molecule has 19 heavy (non-hydrogen) atoms. The van der Waals surface area contributed by atoms with Gasteiger partial charge in [0.25, 0.3) is 0 Å². The molecule has 0 atom stereocenters. The van der Waals surface area contributed by atoms with E-state index in [-0.39, 0.29) is 6.09 Å². The van der Waals surface area contributed by atoms with Gasteiger partial charge in [-0.1, -0.05) is 23.7 Å². The molecule has 0 saturated heterocycles. The number of benzene rings is 1. The van der Waals surface area contributed by atoms with Crippen molar-refractivity contribution in [3.05, 3.63) is 39.5 Å². The van der Waals surface area contributed by atoms with E-state index >= 15 is 0 Å². The molecule has 1 heterocycles. The lowest BCUT2D eigenvalue weighted by molar-refractivity contribution is 0.172. The van der Waals surface area contributed by atoms with Crippen molar-refractivity contribution in [2.45, 2.75) is 6.92 Å². The molecule has 5 heteroatoms. The lowest BCUT2D eigenvalue weighted by Crippen LogP contribution is -2.25. The van der Waals surface area contributed by atoms with Crippen LogP contribution in [0.3, 0.4) is 0 Å². The van der Waals surface area contributed by atoms with Crippen molar-refractivity contribution < 1.29 is 9.53 Å². The van der Waals surface area contributed by atoms with Crippen LogP contribution in [-0.4, -0.2) is 25.1 Å². The fourth-order valence-electron chi connectivity index (χ4n) is 1.66. The molecule has 100 valence electrons. The number of thiophene rings is 1. The van der Waals surface area contributed by atoms with Crippen molar-refractivity contribution in [2.75, 3.05) is 14.1 Å². The summed E-state index contributed by atoms with van der Waals surface area (Å²) in [5.41, 5.74) is 1.93. The molecule has 0 fully saturated rings. The first kappa shape index (κ1) is 13.9. The van der Waals surface area contributed by atoms with Crippen LogP contribution in [0.1, 0.15) is 4.88 Å². The van der Waals surface area contributed by atoms with Crippen LogP contribution < -0.4 is 4.74 Å². The van der Waals surface area contributed by atoms with E-state index in [4.69, 9.17) is 16.3 Å². The Morgan fingerprint density at radius 3 is 2.47 bits per heavy atom. The van der Waals surface area contributed by atoms with Crippen molar-refractivity contribution in [2.24, 2.45) is 0 Å². The Balaban J connectivity index is 2.37. The molecule has 3 nitrogen and oxygen atoms in total. The molecule has 1 aromatic carbocycles. The molecular formula is C14H14ClNO2S. The van der Waals surface area contributed by atoms with Gasteiger partial charge in [0.1, 0.15) is 0 Å². The predicted octanol–water partition coefficient (Wildman–Crippen LogP) is 4.44. The molecule has 0 N–H and O–H groups in total. The number of carbonyl (C=O) groups excluding carboxylic acids is 1. The Labute approximate surface area is 121 Å². The van der Waals surface area contributed by atoms with E-state index < -0.39 is 0 Å². The molecule has 0 aliphatic rings. The Morgan fingerprint density at radius 2 is 1.89 bits per heavy atom. The number of hydrogen-bond acceptors (Lipinski definition) is 3. The van der Waals surface area contributed by atoms with E-state index in [1.165, 1.54) is 4.90 Å².